The Morgan fingerprint density at radius 2 is 1.64 bits per heavy atom. The molecule has 0 bridgehead atoms. The van der Waals surface area contributed by atoms with Crippen molar-refractivity contribution in [3.05, 3.63) is 83.9 Å². The molecule has 8 heteroatoms. The van der Waals surface area contributed by atoms with E-state index in [1.807, 2.05) is 60.7 Å². The number of anilines is 1. The number of nitrogens with one attached hydrogen (secondary N) is 1. The van der Waals surface area contributed by atoms with E-state index in [9.17, 15) is 4.79 Å². The zero-order chi connectivity index (χ0) is 24.5. The smallest absolute Gasteiger partial charge is 0.257 e. The van der Waals surface area contributed by atoms with E-state index >= 15 is 0 Å². The van der Waals surface area contributed by atoms with Gasteiger partial charge in [0.2, 0.25) is 0 Å². The third-order valence-electron chi connectivity index (χ3n) is 6.28. The van der Waals surface area contributed by atoms with Crippen molar-refractivity contribution >= 4 is 33.9 Å². The molecule has 0 radical (unpaired) electrons. The number of benzene rings is 3. The topological polar surface area (TPSA) is 104 Å². The molecule has 36 heavy (non-hydrogen) atoms. The molecule has 0 saturated carbocycles. The summed E-state index contributed by atoms with van der Waals surface area (Å²) in [6.45, 7) is 1.50. The Bertz CT molecular complexity index is 1580. The molecule has 3 N–H and O–H groups in total. The highest BCUT2D eigenvalue weighted by molar-refractivity contribution is 6.11. The van der Waals surface area contributed by atoms with E-state index in [-0.39, 0.29) is 11.7 Å². The van der Waals surface area contributed by atoms with Gasteiger partial charge in [0.15, 0.2) is 17.1 Å². The van der Waals surface area contributed by atoms with E-state index in [4.69, 9.17) is 25.2 Å². The highest BCUT2D eigenvalue weighted by atomic mass is 16.6. The quantitative estimate of drug-likeness (QED) is 0.352. The number of ether oxygens (including phenoxy) is 2. The fourth-order valence-corrected chi connectivity index (χ4v) is 4.55. The van der Waals surface area contributed by atoms with Gasteiger partial charge in [-0.3, -0.25) is 9.36 Å². The number of aryl methyl sites for hydroxylation is 1. The molecular formula is C28H25N5O3. The third-order valence-corrected chi connectivity index (χ3v) is 6.28. The monoisotopic (exact) mass is 479 g/mol. The summed E-state index contributed by atoms with van der Waals surface area (Å²) < 4.78 is 13.2. The fraction of sp³-hybridized carbons (Fsp3) is 0.179. The van der Waals surface area contributed by atoms with Gasteiger partial charge in [0.25, 0.3) is 5.91 Å². The summed E-state index contributed by atoms with van der Waals surface area (Å²) in [7, 11) is 0. The molecule has 0 aliphatic carbocycles. The molecule has 8 nitrogen and oxygen atoms in total. The van der Waals surface area contributed by atoms with Gasteiger partial charge in [0, 0.05) is 12.6 Å². The molecule has 1 aliphatic rings. The van der Waals surface area contributed by atoms with Crippen LogP contribution < -0.4 is 20.5 Å². The summed E-state index contributed by atoms with van der Waals surface area (Å²) in [5.41, 5.74) is 11.3. The number of nitrogens with zero attached hydrogens (tertiary/aromatic N) is 3. The van der Waals surface area contributed by atoms with Gasteiger partial charge >= 0.3 is 0 Å². The number of nitrogens with two attached hydrogens (primary N) is 1. The number of rotatable bonds is 6. The van der Waals surface area contributed by atoms with Crippen LogP contribution in [0.1, 0.15) is 22.3 Å². The van der Waals surface area contributed by atoms with Gasteiger partial charge in [-0.2, -0.15) is 0 Å². The molecular weight excluding hydrogens is 454 g/mol. The van der Waals surface area contributed by atoms with Crippen molar-refractivity contribution in [3.8, 4) is 17.2 Å². The lowest BCUT2D eigenvalue weighted by Crippen LogP contribution is -2.25. The van der Waals surface area contributed by atoms with E-state index in [1.165, 1.54) is 5.56 Å². The minimum absolute atomic E-state index is 0.272. The standard InChI is InChI=1S/C28H25N5O3/c29-26-24(28(34)30-14-6-9-18-7-2-1-3-8-18)25-27(32-21-11-5-4-10-20(21)31-25)33(26)19-12-13-22-23(17-19)36-16-15-35-22/h1-5,7-8,10-13,17H,6,9,14-16,29H2,(H,30,34). The molecule has 0 saturated heterocycles. The second-order valence-corrected chi connectivity index (χ2v) is 8.65. The molecule has 3 heterocycles. The summed E-state index contributed by atoms with van der Waals surface area (Å²) in [6.07, 6.45) is 1.69. The van der Waals surface area contributed by atoms with Gasteiger partial charge in [-0.05, 0) is 42.7 Å². The number of para-hydroxylation sites is 2. The largest absolute Gasteiger partial charge is 0.486 e. The molecule has 0 fully saturated rings. The Labute approximate surface area is 207 Å². The Hall–Kier alpha value is -4.59. The summed E-state index contributed by atoms with van der Waals surface area (Å²) in [5.74, 6) is 1.30. The van der Waals surface area contributed by atoms with Crippen molar-refractivity contribution in [1.29, 1.82) is 0 Å². The first-order valence-corrected chi connectivity index (χ1v) is 12.0. The van der Waals surface area contributed by atoms with Crippen LogP contribution in [0, 0.1) is 0 Å². The van der Waals surface area contributed by atoms with E-state index < -0.39 is 0 Å². The lowest BCUT2D eigenvalue weighted by molar-refractivity contribution is 0.0955. The van der Waals surface area contributed by atoms with E-state index in [0.717, 1.165) is 24.0 Å². The predicted molar refractivity (Wildman–Crippen MR) is 139 cm³/mol. The fourth-order valence-electron chi connectivity index (χ4n) is 4.55. The van der Waals surface area contributed by atoms with Gasteiger partial charge in [-0.15, -0.1) is 0 Å². The van der Waals surface area contributed by atoms with Crippen LogP contribution in [-0.2, 0) is 6.42 Å². The van der Waals surface area contributed by atoms with Gasteiger partial charge < -0.3 is 20.5 Å². The lowest BCUT2D eigenvalue weighted by Gasteiger charge is -2.19. The van der Waals surface area contributed by atoms with Gasteiger partial charge in [-0.1, -0.05) is 42.5 Å². The van der Waals surface area contributed by atoms with Crippen LogP contribution in [0.25, 0.3) is 27.9 Å². The van der Waals surface area contributed by atoms with Crippen molar-refractivity contribution < 1.29 is 14.3 Å². The van der Waals surface area contributed by atoms with Crippen molar-refractivity contribution in [2.24, 2.45) is 0 Å². The first kappa shape index (κ1) is 21.9. The van der Waals surface area contributed by atoms with Gasteiger partial charge in [0.05, 0.1) is 16.7 Å². The lowest BCUT2D eigenvalue weighted by atomic mass is 10.1. The average Bonchev–Trinajstić information content (AvgIpc) is 3.20. The second-order valence-electron chi connectivity index (χ2n) is 8.65. The maximum atomic E-state index is 13.4. The molecule has 3 aromatic carbocycles. The first-order valence-electron chi connectivity index (χ1n) is 12.0. The number of fused-ring (bicyclic) bond motifs is 3. The SMILES string of the molecule is Nc1c(C(=O)NCCCc2ccccc2)c2nc3ccccc3nc2n1-c1ccc2c(c1)OCCO2. The Balaban J connectivity index is 1.38. The number of carbonyl (C=O) groups is 1. The van der Waals surface area contributed by atoms with Crippen molar-refractivity contribution in [2.45, 2.75) is 12.8 Å². The summed E-state index contributed by atoms with van der Waals surface area (Å²) in [5, 5.41) is 3.02. The number of hydrogen-bond acceptors (Lipinski definition) is 6. The molecule has 5 aromatic rings. The normalized spacial score (nSPS) is 12.7. The maximum absolute atomic E-state index is 13.4. The number of amides is 1. The molecule has 180 valence electrons. The molecule has 6 rings (SSSR count). The van der Waals surface area contributed by atoms with E-state index in [1.54, 1.807) is 4.57 Å². The second kappa shape index (κ2) is 9.22. The van der Waals surface area contributed by atoms with Gasteiger partial charge in [0.1, 0.15) is 30.1 Å². The van der Waals surface area contributed by atoms with Crippen LogP contribution in [0.4, 0.5) is 5.82 Å². The minimum Gasteiger partial charge on any atom is -0.486 e. The molecule has 0 atom stereocenters. The Morgan fingerprint density at radius 1 is 0.917 bits per heavy atom. The van der Waals surface area contributed by atoms with Crippen LogP contribution in [0.2, 0.25) is 0 Å². The molecule has 2 aromatic heterocycles. The van der Waals surface area contributed by atoms with Crippen LogP contribution in [0.5, 0.6) is 11.5 Å². The molecule has 0 spiro atoms. The van der Waals surface area contributed by atoms with E-state index in [0.29, 0.717) is 53.5 Å². The molecule has 1 aliphatic heterocycles. The van der Waals surface area contributed by atoms with Crippen molar-refractivity contribution in [1.82, 2.24) is 19.9 Å². The van der Waals surface area contributed by atoms with Crippen LogP contribution >= 0.6 is 0 Å². The van der Waals surface area contributed by atoms with Crippen molar-refractivity contribution in [3.63, 3.8) is 0 Å². The first-order chi connectivity index (χ1) is 17.7. The highest BCUT2D eigenvalue weighted by Gasteiger charge is 2.25. The number of aromatic nitrogens is 3. The predicted octanol–water partition coefficient (Wildman–Crippen LogP) is 4.29. The molecule has 1 amide bonds. The minimum atomic E-state index is -0.272. The zero-order valence-electron chi connectivity index (χ0n) is 19.6. The summed E-state index contributed by atoms with van der Waals surface area (Å²) in [4.78, 5) is 23.0. The van der Waals surface area contributed by atoms with Gasteiger partial charge in [-0.25, -0.2) is 9.97 Å². The van der Waals surface area contributed by atoms with Crippen LogP contribution in [0.3, 0.4) is 0 Å². The Kier molecular flexibility index (Phi) is 5.61. The van der Waals surface area contributed by atoms with Crippen molar-refractivity contribution in [2.75, 3.05) is 25.5 Å². The zero-order valence-corrected chi connectivity index (χ0v) is 19.6. The van der Waals surface area contributed by atoms with Crippen LogP contribution in [-0.4, -0.2) is 40.2 Å². The summed E-state index contributed by atoms with van der Waals surface area (Å²) >= 11 is 0. The summed E-state index contributed by atoms with van der Waals surface area (Å²) in [6, 6.07) is 23.3. The Morgan fingerprint density at radius 3 is 2.44 bits per heavy atom. The van der Waals surface area contributed by atoms with Crippen LogP contribution in [0.15, 0.2) is 72.8 Å². The molecule has 0 unspecified atom stereocenters. The number of nitrogen functional groups attached to an aromatic ring is 1. The highest BCUT2D eigenvalue weighted by Crippen LogP contribution is 2.36. The number of carbonyl (C=O) groups excluding carboxylic acids is 1. The van der Waals surface area contributed by atoms with E-state index in [2.05, 4.69) is 17.4 Å². The third kappa shape index (κ3) is 3.96. The maximum Gasteiger partial charge on any atom is 0.257 e. The number of hydrogen-bond donors (Lipinski definition) is 2. The average molecular weight is 480 g/mol.